The van der Waals surface area contributed by atoms with Crippen molar-refractivity contribution in [2.45, 2.75) is 6.92 Å². The van der Waals surface area contributed by atoms with E-state index in [4.69, 9.17) is 9.72 Å². The molecule has 0 unspecified atom stereocenters. The van der Waals surface area contributed by atoms with Crippen molar-refractivity contribution < 1.29 is 4.74 Å². The number of fused-ring (bicyclic) bond motifs is 1. The maximum atomic E-state index is 5.21. The molecule has 0 saturated carbocycles. The van der Waals surface area contributed by atoms with Gasteiger partial charge >= 0.3 is 0 Å². The smallest absolute Gasteiger partial charge is 0.228 e. The van der Waals surface area contributed by atoms with E-state index in [0.717, 1.165) is 33.6 Å². The Morgan fingerprint density at radius 2 is 1.62 bits per heavy atom. The predicted molar refractivity (Wildman–Crippen MR) is 106 cm³/mol. The molecule has 0 amide bonds. The molecule has 4 aromatic rings. The molecule has 1 aromatic heterocycles. The lowest BCUT2D eigenvalue weighted by Gasteiger charge is -2.11. The number of hydrogen-bond acceptors (Lipinski definition) is 4. The second-order valence-electron chi connectivity index (χ2n) is 6.14. The standard InChI is InChI=1S/C22H19N3O/c1-15-8-13-20-19(14-15)21(16-6-4-3-5-7-16)25-22(24-20)23-17-9-11-18(26-2)12-10-17/h3-14H,1-2H3,(H,23,24,25). The van der Waals surface area contributed by atoms with Crippen LogP contribution in [0.2, 0.25) is 0 Å². The van der Waals surface area contributed by atoms with Crippen LogP contribution in [0.3, 0.4) is 0 Å². The summed E-state index contributed by atoms with van der Waals surface area (Å²) < 4.78 is 5.21. The van der Waals surface area contributed by atoms with Crippen LogP contribution in [-0.2, 0) is 0 Å². The molecular formula is C22H19N3O. The highest BCUT2D eigenvalue weighted by Crippen LogP contribution is 2.29. The van der Waals surface area contributed by atoms with Crippen LogP contribution >= 0.6 is 0 Å². The van der Waals surface area contributed by atoms with Gasteiger partial charge in [0.2, 0.25) is 5.95 Å². The highest BCUT2D eigenvalue weighted by molar-refractivity contribution is 5.93. The van der Waals surface area contributed by atoms with E-state index in [2.05, 4.69) is 41.5 Å². The molecule has 1 heterocycles. The molecule has 26 heavy (non-hydrogen) atoms. The Labute approximate surface area is 152 Å². The third kappa shape index (κ3) is 3.22. The van der Waals surface area contributed by atoms with E-state index in [-0.39, 0.29) is 0 Å². The van der Waals surface area contributed by atoms with Crippen LogP contribution in [0.25, 0.3) is 22.2 Å². The monoisotopic (exact) mass is 341 g/mol. The number of aryl methyl sites for hydroxylation is 1. The molecule has 0 fully saturated rings. The predicted octanol–water partition coefficient (Wildman–Crippen LogP) is 5.36. The van der Waals surface area contributed by atoms with Crippen molar-refractivity contribution >= 4 is 22.5 Å². The van der Waals surface area contributed by atoms with Gasteiger partial charge < -0.3 is 10.1 Å². The lowest BCUT2D eigenvalue weighted by molar-refractivity contribution is 0.415. The second kappa shape index (κ2) is 6.84. The lowest BCUT2D eigenvalue weighted by atomic mass is 10.0. The first-order valence-corrected chi connectivity index (χ1v) is 8.48. The van der Waals surface area contributed by atoms with Crippen molar-refractivity contribution in [1.82, 2.24) is 9.97 Å². The summed E-state index contributed by atoms with van der Waals surface area (Å²) in [7, 11) is 1.66. The number of benzene rings is 3. The number of nitrogens with zero attached hydrogens (tertiary/aromatic N) is 2. The van der Waals surface area contributed by atoms with Crippen LogP contribution in [0, 0.1) is 6.92 Å². The van der Waals surface area contributed by atoms with Gasteiger partial charge in [-0.1, -0.05) is 42.0 Å². The summed E-state index contributed by atoms with van der Waals surface area (Å²) in [5, 5.41) is 4.35. The summed E-state index contributed by atoms with van der Waals surface area (Å²) in [6, 6.07) is 24.2. The Balaban J connectivity index is 1.81. The zero-order chi connectivity index (χ0) is 17.9. The molecule has 0 bridgehead atoms. The van der Waals surface area contributed by atoms with Gasteiger partial charge in [-0.15, -0.1) is 0 Å². The highest BCUT2D eigenvalue weighted by Gasteiger charge is 2.10. The minimum Gasteiger partial charge on any atom is -0.497 e. The number of rotatable bonds is 4. The second-order valence-corrected chi connectivity index (χ2v) is 6.14. The lowest BCUT2D eigenvalue weighted by Crippen LogP contribution is -2.00. The summed E-state index contributed by atoms with van der Waals surface area (Å²) in [4.78, 5) is 9.48. The fourth-order valence-electron chi connectivity index (χ4n) is 2.92. The molecule has 128 valence electrons. The molecule has 0 aliphatic carbocycles. The first-order chi connectivity index (χ1) is 12.7. The van der Waals surface area contributed by atoms with E-state index in [1.165, 1.54) is 5.56 Å². The number of hydrogen-bond donors (Lipinski definition) is 1. The summed E-state index contributed by atoms with van der Waals surface area (Å²) >= 11 is 0. The molecule has 4 rings (SSSR count). The fraction of sp³-hybridized carbons (Fsp3) is 0.0909. The Morgan fingerprint density at radius 3 is 2.35 bits per heavy atom. The summed E-state index contributed by atoms with van der Waals surface area (Å²) in [6.07, 6.45) is 0. The topological polar surface area (TPSA) is 47.0 Å². The maximum absolute atomic E-state index is 5.21. The van der Waals surface area contributed by atoms with Crippen LogP contribution < -0.4 is 10.1 Å². The Morgan fingerprint density at radius 1 is 0.846 bits per heavy atom. The average Bonchev–Trinajstić information content (AvgIpc) is 2.69. The molecule has 1 N–H and O–H groups in total. The Hall–Kier alpha value is -3.40. The number of ether oxygens (including phenoxy) is 1. The van der Waals surface area contributed by atoms with E-state index in [9.17, 15) is 0 Å². The van der Waals surface area contributed by atoms with Crippen LogP contribution in [0.5, 0.6) is 5.75 Å². The summed E-state index contributed by atoms with van der Waals surface area (Å²) in [5.74, 6) is 1.39. The minimum absolute atomic E-state index is 0.574. The molecule has 0 radical (unpaired) electrons. The largest absolute Gasteiger partial charge is 0.497 e. The van der Waals surface area contributed by atoms with Crippen LogP contribution in [0.1, 0.15) is 5.56 Å². The van der Waals surface area contributed by atoms with Gasteiger partial charge in [0, 0.05) is 16.6 Å². The van der Waals surface area contributed by atoms with Gasteiger partial charge in [-0.3, -0.25) is 0 Å². The molecule has 4 nitrogen and oxygen atoms in total. The molecule has 0 spiro atoms. The molecule has 4 heteroatoms. The molecule has 0 aliphatic rings. The number of nitrogens with one attached hydrogen (secondary N) is 1. The average molecular weight is 341 g/mol. The van der Waals surface area contributed by atoms with Crippen LogP contribution in [0.4, 0.5) is 11.6 Å². The Kier molecular flexibility index (Phi) is 4.23. The zero-order valence-corrected chi connectivity index (χ0v) is 14.7. The van der Waals surface area contributed by atoms with Gasteiger partial charge in [-0.05, 0) is 43.3 Å². The highest BCUT2D eigenvalue weighted by atomic mass is 16.5. The van der Waals surface area contributed by atoms with E-state index in [0.29, 0.717) is 5.95 Å². The summed E-state index contributed by atoms with van der Waals surface area (Å²) in [6.45, 7) is 2.08. The van der Waals surface area contributed by atoms with Crippen molar-refractivity contribution in [2.75, 3.05) is 12.4 Å². The third-order valence-corrected chi connectivity index (χ3v) is 4.24. The molecule has 0 saturated heterocycles. The van der Waals surface area contributed by atoms with E-state index < -0.39 is 0 Å². The summed E-state index contributed by atoms with van der Waals surface area (Å²) in [5.41, 5.74) is 5.02. The van der Waals surface area contributed by atoms with Crippen LogP contribution in [0.15, 0.2) is 72.8 Å². The van der Waals surface area contributed by atoms with Crippen molar-refractivity contribution in [3.63, 3.8) is 0 Å². The molecule has 0 aliphatic heterocycles. The molecule has 3 aromatic carbocycles. The number of methoxy groups -OCH3 is 1. The van der Waals surface area contributed by atoms with Gasteiger partial charge in [0.05, 0.1) is 18.3 Å². The zero-order valence-electron chi connectivity index (χ0n) is 14.7. The van der Waals surface area contributed by atoms with Gasteiger partial charge in [0.15, 0.2) is 0 Å². The fourth-order valence-corrected chi connectivity index (χ4v) is 2.92. The van der Waals surface area contributed by atoms with Gasteiger partial charge in [-0.2, -0.15) is 0 Å². The Bertz CT molecular complexity index is 1040. The first-order valence-electron chi connectivity index (χ1n) is 8.48. The van der Waals surface area contributed by atoms with E-state index >= 15 is 0 Å². The van der Waals surface area contributed by atoms with E-state index in [1.54, 1.807) is 7.11 Å². The SMILES string of the molecule is COc1ccc(Nc2nc(-c3ccccc3)c3cc(C)ccc3n2)cc1. The number of aromatic nitrogens is 2. The minimum atomic E-state index is 0.574. The maximum Gasteiger partial charge on any atom is 0.228 e. The molecular weight excluding hydrogens is 322 g/mol. The van der Waals surface area contributed by atoms with Crippen molar-refractivity contribution in [3.05, 3.63) is 78.4 Å². The van der Waals surface area contributed by atoms with Gasteiger partial charge in [-0.25, -0.2) is 9.97 Å². The normalized spacial score (nSPS) is 10.7. The van der Waals surface area contributed by atoms with Gasteiger partial charge in [0.1, 0.15) is 5.75 Å². The van der Waals surface area contributed by atoms with Crippen LogP contribution in [-0.4, -0.2) is 17.1 Å². The van der Waals surface area contributed by atoms with Gasteiger partial charge in [0.25, 0.3) is 0 Å². The molecule has 0 atom stereocenters. The quantitative estimate of drug-likeness (QED) is 0.543. The van der Waals surface area contributed by atoms with Crippen molar-refractivity contribution in [2.24, 2.45) is 0 Å². The van der Waals surface area contributed by atoms with Crippen molar-refractivity contribution in [1.29, 1.82) is 0 Å². The number of anilines is 2. The van der Waals surface area contributed by atoms with Crippen molar-refractivity contribution in [3.8, 4) is 17.0 Å². The third-order valence-electron chi connectivity index (χ3n) is 4.24. The van der Waals surface area contributed by atoms with E-state index in [1.807, 2.05) is 48.5 Å². The first kappa shape index (κ1) is 16.1.